The van der Waals surface area contributed by atoms with Crippen molar-refractivity contribution in [1.29, 1.82) is 0 Å². The fourth-order valence-corrected chi connectivity index (χ4v) is 4.50. The van der Waals surface area contributed by atoms with E-state index >= 15 is 0 Å². The van der Waals surface area contributed by atoms with Gasteiger partial charge in [-0.15, -0.1) is 11.6 Å². The Morgan fingerprint density at radius 1 is 1.30 bits per heavy atom. The van der Waals surface area contributed by atoms with Gasteiger partial charge in [-0.05, 0) is 44.1 Å². The lowest BCUT2D eigenvalue weighted by Crippen LogP contribution is -2.43. The molecule has 0 aromatic carbocycles. The fraction of sp³-hybridized carbons (Fsp3) is 0.625. The lowest BCUT2D eigenvalue weighted by atomic mass is 9.84. The number of halogens is 3. The minimum atomic E-state index is -0.951. The molecule has 0 aromatic heterocycles. The number of hydrogen-bond donors (Lipinski definition) is 1. The summed E-state index contributed by atoms with van der Waals surface area (Å²) in [5.41, 5.74) is 0.216. The zero-order valence-electron chi connectivity index (χ0n) is 12.6. The molecule has 23 heavy (non-hydrogen) atoms. The average molecular weight is 378 g/mol. The highest BCUT2D eigenvalue weighted by Crippen LogP contribution is 2.39. The molecule has 4 atom stereocenters. The van der Waals surface area contributed by atoms with Crippen LogP contribution in [0, 0.1) is 5.92 Å². The van der Waals surface area contributed by atoms with Crippen molar-refractivity contribution in [2.45, 2.75) is 56.0 Å². The van der Waals surface area contributed by atoms with E-state index in [9.17, 15) is 9.90 Å². The SMILES string of the molecule is O=C(O)C1=NN([C@@H]2CC[C@H](Cl)C=C2Cl)C(C2CC=C(Cl)CC2)C1. The summed E-state index contributed by atoms with van der Waals surface area (Å²) < 4.78 is 0. The second kappa shape index (κ2) is 7.04. The molecule has 1 aliphatic heterocycles. The van der Waals surface area contributed by atoms with Crippen molar-refractivity contribution in [3.05, 3.63) is 22.2 Å². The van der Waals surface area contributed by atoms with Gasteiger partial charge in [0.25, 0.3) is 0 Å². The third-order valence-corrected chi connectivity index (χ3v) is 5.92. The summed E-state index contributed by atoms with van der Waals surface area (Å²) in [6, 6.07) is -0.0176. The molecule has 7 heteroatoms. The lowest BCUT2D eigenvalue weighted by Gasteiger charge is -2.38. The molecule has 0 saturated carbocycles. The number of aliphatic carboxylic acids is 1. The number of carboxylic acid groups (broad SMARTS) is 1. The molecule has 2 unspecified atom stereocenters. The van der Waals surface area contributed by atoms with Crippen molar-refractivity contribution in [2.75, 3.05) is 0 Å². The highest BCUT2D eigenvalue weighted by atomic mass is 35.5. The van der Waals surface area contributed by atoms with E-state index in [4.69, 9.17) is 34.8 Å². The van der Waals surface area contributed by atoms with Gasteiger partial charge in [-0.25, -0.2) is 4.79 Å². The maximum atomic E-state index is 11.4. The van der Waals surface area contributed by atoms with Crippen LogP contribution in [-0.4, -0.2) is 39.3 Å². The number of rotatable bonds is 3. The number of allylic oxidation sites excluding steroid dienone is 3. The molecule has 0 aromatic rings. The molecule has 0 saturated heterocycles. The van der Waals surface area contributed by atoms with Crippen LogP contribution in [-0.2, 0) is 4.79 Å². The van der Waals surface area contributed by atoms with Gasteiger partial charge in [0, 0.05) is 16.5 Å². The van der Waals surface area contributed by atoms with Crippen LogP contribution >= 0.6 is 34.8 Å². The van der Waals surface area contributed by atoms with E-state index in [0.717, 1.165) is 37.1 Å². The Balaban J connectivity index is 1.84. The molecule has 3 rings (SSSR count). The topological polar surface area (TPSA) is 52.9 Å². The summed E-state index contributed by atoms with van der Waals surface area (Å²) in [5.74, 6) is -0.607. The normalized spacial score (nSPS) is 34.7. The molecule has 0 radical (unpaired) electrons. The molecule has 0 fully saturated rings. The van der Waals surface area contributed by atoms with Crippen molar-refractivity contribution < 1.29 is 9.90 Å². The number of hydrogen-bond acceptors (Lipinski definition) is 3. The molecular formula is C16H19Cl3N2O2. The maximum absolute atomic E-state index is 11.4. The molecule has 0 spiro atoms. The van der Waals surface area contributed by atoms with E-state index in [2.05, 4.69) is 5.10 Å². The Labute approximate surface area is 150 Å². The summed E-state index contributed by atoms with van der Waals surface area (Å²) in [4.78, 5) is 11.4. The number of carbonyl (C=O) groups is 1. The molecular weight excluding hydrogens is 359 g/mol. The molecule has 4 nitrogen and oxygen atoms in total. The first kappa shape index (κ1) is 17.1. The van der Waals surface area contributed by atoms with Crippen LogP contribution in [0.4, 0.5) is 0 Å². The number of hydrazone groups is 1. The van der Waals surface area contributed by atoms with E-state index in [1.165, 1.54) is 0 Å². The Morgan fingerprint density at radius 3 is 2.70 bits per heavy atom. The third-order valence-electron chi connectivity index (χ3n) is 4.86. The summed E-state index contributed by atoms with van der Waals surface area (Å²) >= 11 is 18.6. The van der Waals surface area contributed by atoms with Crippen molar-refractivity contribution in [3.8, 4) is 0 Å². The summed E-state index contributed by atoms with van der Waals surface area (Å²) in [5, 5.41) is 17.2. The second-order valence-corrected chi connectivity index (χ2v) is 7.83. The van der Waals surface area contributed by atoms with Crippen molar-refractivity contribution in [2.24, 2.45) is 11.0 Å². The lowest BCUT2D eigenvalue weighted by molar-refractivity contribution is -0.129. The van der Waals surface area contributed by atoms with Gasteiger partial charge in [0.2, 0.25) is 0 Å². The Kier molecular flexibility index (Phi) is 5.24. The van der Waals surface area contributed by atoms with Crippen LogP contribution < -0.4 is 0 Å². The van der Waals surface area contributed by atoms with Gasteiger partial charge in [-0.3, -0.25) is 5.01 Å². The minimum absolute atomic E-state index is 0.0563. The standard InChI is InChI=1S/C16H19Cl3N2O2/c17-10-3-1-9(2-4-10)15-8-13(16(22)23)20-21(15)14-6-5-11(18)7-12(14)19/h3,7,9,11,14-15H,1-2,4-6,8H2,(H,22,23)/t9?,11-,14+,15?/m0/s1. The Hall–Kier alpha value is -0.710. The van der Waals surface area contributed by atoms with Crippen LogP contribution in [0.3, 0.4) is 0 Å². The minimum Gasteiger partial charge on any atom is -0.477 e. The predicted molar refractivity (Wildman–Crippen MR) is 93.2 cm³/mol. The number of carboxylic acids is 1. The molecule has 1 N–H and O–H groups in total. The van der Waals surface area contributed by atoms with Crippen molar-refractivity contribution in [1.82, 2.24) is 5.01 Å². The summed E-state index contributed by atoms with van der Waals surface area (Å²) in [6.07, 6.45) is 8.60. The average Bonchev–Trinajstić information content (AvgIpc) is 2.93. The summed E-state index contributed by atoms with van der Waals surface area (Å²) in [7, 11) is 0. The van der Waals surface area contributed by atoms with E-state index in [1.54, 1.807) is 0 Å². The third kappa shape index (κ3) is 3.70. The van der Waals surface area contributed by atoms with Crippen molar-refractivity contribution >= 4 is 46.5 Å². The van der Waals surface area contributed by atoms with Gasteiger partial charge in [0.1, 0.15) is 5.71 Å². The molecule has 0 amide bonds. The van der Waals surface area contributed by atoms with E-state index in [1.807, 2.05) is 17.2 Å². The number of nitrogens with zero attached hydrogens (tertiary/aromatic N) is 2. The van der Waals surface area contributed by atoms with Gasteiger partial charge in [-0.1, -0.05) is 29.3 Å². The smallest absolute Gasteiger partial charge is 0.352 e. The monoisotopic (exact) mass is 376 g/mol. The van der Waals surface area contributed by atoms with E-state index < -0.39 is 5.97 Å². The van der Waals surface area contributed by atoms with E-state index in [-0.39, 0.29) is 23.2 Å². The van der Waals surface area contributed by atoms with Crippen LogP contribution in [0.15, 0.2) is 27.3 Å². The van der Waals surface area contributed by atoms with Crippen LogP contribution in [0.25, 0.3) is 0 Å². The number of alkyl halides is 1. The first-order chi connectivity index (χ1) is 11.0. The first-order valence-corrected chi connectivity index (χ1v) is 9.10. The quantitative estimate of drug-likeness (QED) is 0.745. The fourth-order valence-electron chi connectivity index (χ4n) is 3.61. The second-order valence-electron chi connectivity index (χ2n) is 6.35. The molecule has 126 valence electrons. The highest BCUT2D eigenvalue weighted by Gasteiger charge is 2.41. The molecule has 2 aliphatic carbocycles. The highest BCUT2D eigenvalue weighted by molar-refractivity contribution is 6.36. The van der Waals surface area contributed by atoms with Crippen LogP contribution in [0.5, 0.6) is 0 Å². The van der Waals surface area contributed by atoms with Crippen LogP contribution in [0.1, 0.15) is 38.5 Å². The van der Waals surface area contributed by atoms with Crippen molar-refractivity contribution in [3.63, 3.8) is 0 Å². The summed E-state index contributed by atoms with van der Waals surface area (Å²) in [6.45, 7) is 0. The first-order valence-electron chi connectivity index (χ1n) is 7.90. The van der Waals surface area contributed by atoms with Crippen LogP contribution in [0.2, 0.25) is 0 Å². The zero-order valence-corrected chi connectivity index (χ0v) is 14.9. The molecule has 0 bridgehead atoms. The zero-order chi connectivity index (χ0) is 16.6. The van der Waals surface area contributed by atoms with E-state index in [0.29, 0.717) is 17.4 Å². The molecule has 1 heterocycles. The van der Waals surface area contributed by atoms with Gasteiger partial charge in [-0.2, -0.15) is 5.10 Å². The van der Waals surface area contributed by atoms with Gasteiger partial charge in [0.05, 0.1) is 17.5 Å². The van der Waals surface area contributed by atoms with Gasteiger partial charge < -0.3 is 5.11 Å². The van der Waals surface area contributed by atoms with Gasteiger partial charge in [0.15, 0.2) is 0 Å². The predicted octanol–water partition coefficient (Wildman–Crippen LogP) is 4.32. The largest absolute Gasteiger partial charge is 0.477 e. The Bertz CT molecular complexity index is 588. The Morgan fingerprint density at radius 2 is 2.09 bits per heavy atom. The molecule has 3 aliphatic rings. The maximum Gasteiger partial charge on any atom is 0.352 e. The van der Waals surface area contributed by atoms with Gasteiger partial charge >= 0.3 is 5.97 Å².